The lowest BCUT2D eigenvalue weighted by Crippen LogP contribution is -2.28. The topological polar surface area (TPSA) is 140 Å². The minimum Gasteiger partial charge on any atom is -0.493 e. The number of nitrogens with two attached hydrogens (primary N) is 2. The van der Waals surface area contributed by atoms with Crippen LogP contribution in [0.3, 0.4) is 0 Å². The monoisotopic (exact) mass is 487 g/mol. The Morgan fingerprint density at radius 2 is 1.12 bits per heavy atom. The van der Waals surface area contributed by atoms with Crippen LogP contribution in [0.5, 0.6) is 23.0 Å². The molecule has 0 aliphatic carbocycles. The zero-order valence-electron chi connectivity index (χ0n) is 18.3. The summed E-state index contributed by atoms with van der Waals surface area (Å²) in [6.45, 7) is 2.29. The van der Waals surface area contributed by atoms with Crippen molar-refractivity contribution in [2.45, 2.75) is 0 Å². The number of halogens is 2. The number of likely N-dealkylation sites (N-methyl/N-ethyl adjacent to an activating group) is 1. The van der Waals surface area contributed by atoms with E-state index in [4.69, 9.17) is 41.2 Å². The maximum Gasteiger partial charge on any atom is 0.161 e. The summed E-state index contributed by atoms with van der Waals surface area (Å²) in [6.07, 6.45) is 0. The normalized spacial score (nSPS) is 9.88. The summed E-state index contributed by atoms with van der Waals surface area (Å²) in [5.74, 6) is 2.23. The summed E-state index contributed by atoms with van der Waals surface area (Å²) in [7, 11) is 5.07. The van der Waals surface area contributed by atoms with Gasteiger partial charge in [-0.15, -0.1) is 24.8 Å². The molecule has 178 valence electrons. The summed E-state index contributed by atoms with van der Waals surface area (Å²) in [5.41, 5.74) is 12.2. The van der Waals surface area contributed by atoms with Gasteiger partial charge in [-0.1, -0.05) is 0 Å². The molecule has 0 spiro atoms. The van der Waals surface area contributed by atoms with E-state index in [2.05, 4.69) is 4.90 Å². The number of methoxy groups -OCH3 is 2. The lowest BCUT2D eigenvalue weighted by atomic mass is 10.2. The van der Waals surface area contributed by atoms with Crippen molar-refractivity contribution in [1.29, 1.82) is 10.8 Å². The van der Waals surface area contributed by atoms with Gasteiger partial charge in [-0.05, 0) is 43.4 Å². The van der Waals surface area contributed by atoms with Crippen molar-refractivity contribution < 1.29 is 18.9 Å². The predicted molar refractivity (Wildman–Crippen MR) is 131 cm³/mol. The number of nitrogens with zero attached hydrogens (tertiary/aromatic N) is 1. The first-order chi connectivity index (χ1) is 14.3. The van der Waals surface area contributed by atoms with E-state index in [-0.39, 0.29) is 36.5 Å². The van der Waals surface area contributed by atoms with E-state index in [0.29, 0.717) is 60.4 Å². The lowest BCUT2D eigenvalue weighted by molar-refractivity contribution is 0.196. The number of nitrogens with one attached hydrogen (secondary N) is 2. The Bertz CT molecular complexity index is 827. The van der Waals surface area contributed by atoms with Gasteiger partial charge in [0, 0.05) is 24.2 Å². The second kappa shape index (κ2) is 14.2. The van der Waals surface area contributed by atoms with Gasteiger partial charge in [0.15, 0.2) is 23.0 Å². The maximum absolute atomic E-state index is 7.49. The summed E-state index contributed by atoms with van der Waals surface area (Å²) >= 11 is 0. The number of benzene rings is 2. The first-order valence-electron chi connectivity index (χ1n) is 9.34. The van der Waals surface area contributed by atoms with Crippen LogP contribution in [0.1, 0.15) is 11.1 Å². The highest BCUT2D eigenvalue weighted by Gasteiger charge is 2.10. The highest BCUT2D eigenvalue weighted by Crippen LogP contribution is 2.28. The summed E-state index contributed by atoms with van der Waals surface area (Å²) < 4.78 is 22.2. The second-order valence-corrected chi connectivity index (χ2v) is 6.56. The number of nitrogen functional groups attached to an aromatic ring is 2. The molecule has 0 bridgehead atoms. The quantitative estimate of drug-likeness (QED) is 0.266. The van der Waals surface area contributed by atoms with E-state index >= 15 is 0 Å². The Hall–Kier alpha value is -2.88. The maximum atomic E-state index is 7.49. The molecule has 9 nitrogen and oxygen atoms in total. The minimum atomic E-state index is -0.0212. The smallest absolute Gasteiger partial charge is 0.161 e. The van der Waals surface area contributed by atoms with Crippen LogP contribution < -0.4 is 30.4 Å². The molecule has 0 heterocycles. The standard InChI is InChI=1S/C21H29N5O4.2ClH/c1-26(8-10-29-16-6-4-14(20(22)23)12-18(16)27-2)9-11-30-17-7-5-15(21(24)25)13-19(17)28-3;;/h4-7,12-13H,8-11H2,1-3H3,(H3,22,23)(H3,24,25);2*1H. The number of hydrogen-bond donors (Lipinski definition) is 4. The molecule has 11 heteroatoms. The van der Waals surface area contributed by atoms with Crippen molar-refractivity contribution in [1.82, 2.24) is 4.90 Å². The largest absolute Gasteiger partial charge is 0.493 e. The van der Waals surface area contributed by atoms with Crippen molar-refractivity contribution >= 4 is 36.5 Å². The number of amidine groups is 2. The Morgan fingerprint density at radius 1 is 0.750 bits per heavy atom. The van der Waals surface area contributed by atoms with Crippen LogP contribution in [0.15, 0.2) is 36.4 Å². The average molecular weight is 488 g/mol. The van der Waals surface area contributed by atoms with Crippen LogP contribution in [-0.2, 0) is 0 Å². The fraction of sp³-hybridized carbons (Fsp3) is 0.333. The van der Waals surface area contributed by atoms with Gasteiger partial charge in [0.05, 0.1) is 14.2 Å². The van der Waals surface area contributed by atoms with Crippen molar-refractivity contribution in [2.75, 3.05) is 47.6 Å². The summed E-state index contributed by atoms with van der Waals surface area (Å²) in [6, 6.07) is 10.3. The van der Waals surface area contributed by atoms with E-state index in [1.54, 1.807) is 50.6 Å². The van der Waals surface area contributed by atoms with Crippen LogP contribution >= 0.6 is 24.8 Å². The molecule has 32 heavy (non-hydrogen) atoms. The average Bonchev–Trinajstić information content (AvgIpc) is 2.73. The van der Waals surface area contributed by atoms with E-state index in [0.717, 1.165) is 0 Å². The molecule has 0 unspecified atom stereocenters. The molecule has 6 N–H and O–H groups in total. The third-order valence-corrected chi connectivity index (χ3v) is 4.41. The van der Waals surface area contributed by atoms with Crippen LogP contribution in [0.4, 0.5) is 0 Å². The molecule has 0 aromatic heterocycles. The first-order valence-corrected chi connectivity index (χ1v) is 9.34. The molecule has 0 saturated carbocycles. The van der Waals surface area contributed by atoms with Gasteiger partial charge < -0.3 is 30.4 Å². The van der Waals surface area contributed by atoms with Crippen LogP contribution in [0, 0.1) is 10.8 Å². The minimum absolute atomic E-state index is 0. The fourth-order valence-electron chi connectivity index (χ4n) is 2.64. The van der Waals surface area contributed by atoms with Crippen molar-refractivity contribution in [3.05, 3.63) is 47.5 Å². The van der Waals surface area contributed by atoms with E-state index in [1.165, 1.54) is 0 Å². The molecule has 0 aliphatic rings. The van der Waals surface area contributed by atoms with Crippen LogP contribution in [0.25, 0.3) is 0 Å². The van der Waals surface area contributed by atoms with Gasteiger partial charge >= 0.3 is 0 Å². The molecule has 0 fully saturated rings. The molecule has 2 rings (SSSR count). The van der Waals surface area contributed by atoms with Crippen LogP contribution in [0.2, 0.25) is 0 Å². The Morgan fingerprint density at radius 3 is 1.44 bits per heavy atom. The zero-order valence-corrected chi connectivity index (χ0v) is 20.0. The number of hydrogen-bond acceptors (Lipinski definition) is 7. The van der Waals surface area contributed by atoms with Gasteiger partial charge in [0.2, 0.25) is 0 Å². The zero-order chi connectivity index (χ0) is 22.1. The van der Waals surface area contributed by atoms with E-state index < -0.39 is 0 Å². The molecular formula is C21H31Cl2N5O4. The van der Waals surface area contributed by atoms with Crippen molar-refractivity contribution in [3.63, 3.8) is 0 Å². The third-order valence-electron chi connectivity index (χ3n) is 4.41. The van der Waals surface area contributed by atoms with Gasteiger partial charge in [-0.25, -0.2) is 0 Å². The Kier molecular flexibility index (Phi) is 13.0. The highest BCUT2D eigenvalue weighted by atomic mass is 35.5. The predicted octanol–water partition coefficient (Wildman–Crippen LogP) is 2.51. The second-order valence-electron chi connectivity index (χ2n) is 6.56. The molecular weight excluding hydrogens is 457 g/mol. The van der Waals surface area contributed by atoms with E-state index in [9.17, 15) is 0 Å². The molecule has 0 aliphatic heterocycles. The lowest BCUT2D eigenvalue weighted by Gasteiger charge is -2.19. The van der Waals surface area contributed by atoms with Gasteiger partial charge in [-0.2, -0.15) is 0 Å². The fourth-order valence-corrected chi connectivity index (χ4v) is 2.64. The SMILES string of the molecule is COc1cc(C(=N)N)ccc1OCCN(C)CCOc1ccc(C(=N)N)cc1OC.Cl.Cl. The van der Waals surface area contributed by atoms with Gasteiger partial charge in [0.25, 0.3) is 0 Å². The Balaban J connectivity index is 0.00000480. The highest BCUT2D eigenvalue weighted by molar-refractivity contribution is 5.96. The van der Waals surface area contributed by atoms with Crippen molar-refractivity contribution in [2.24, 2.45) is 11.5 Å². The van der Waals surface area contributed by atoms with Gasteiger partial charge in [-0.3, -0.25) is 15.7 Å². The molecule has 0 saturated heterocycles. The summed E-state index contributed by atoms with van der Waals surface area (Å²) in [4.78, 5) is 2.08. The van der Waals surface area contributed by atoms with Crippen molar-refractivity contribution in [3.8, 4) is 23.0 Å². The summed E-state index contributed by atoms with van der Waals surface area (Å²) in [5, 5.41) is 15.0. The number of ether oxygens (including phenoxy) is 4. The molecule has 2 aromatic carbocycles. The van der Waals surface area contributed by atoms with Gasteiger partial charge in [0.1, 0.15) is 24.9 Å². The van der Waals surface area contributed by atoms with Crippen LogP contribution in [-0.4, -0.2) is 64.1 Å². The third kappa shape index (κ3) is 8.33. The Labute approximate surface area is 200 Å². The van der Waals surface area contributed by atoms with E-state index in [1.807, 2.05) is 7.05 Å². The molecule has 0 amide bonds. The number of rotatable bonds is 12. The molecule has 0 radical (unpaired) electrons. The molecule has 2 aromatic rings. The first kappa shape index (κ1) is 29.1. The molecule has 0 atom stereocenters.